The van der Waals surface area contributed by atoms with Crippen molar-refractivity contribution in [3.63, 3.8) is 0 Å². The molecule has 24 heavy (non-hydrogen) atoms. The van der Waals surface area contributed by atoms with Crippen molar-refractivity contribution in [2.75, 3.05) is 31.9 Å². The van der Waals surface area contributed by atoms with Gasteiger partial charge in [-0.2, -0.15) is 9.97 Å². The zero-order valence-electron chi connectivity index (χ0n) is 12.6. The minimum atomic E-state index is -4.27. The zero-order valence-corrected chi connectivity index (χ0v) is 13.5. The van der Waals surface area contributed by atoms with Crippen LogP contribution < -0.4 is 16.2 Å². The summed E-state index contributed by atoms with van der Waals surface area (Å²) < 4.78 is 22.0. The van der Waals surface area contributed by atoms with E-state index < -0.39 is 19.6 Å². The lowest BCUT2D eigenvalue weighted by Crippen LogP contribution is -2.20. The number of nitrogens with zero attached hydrogens (tertiary/aromatic N) is 3. The maximum absolute atomic E-state index is 12.0. The van der Waals surface area contributed by atoms with E-state index in [1.165, 1.54) is 4.57 Å². The number of imidazole rings is 1. The van der Waals surface area contributed by atoms with Crippen LogP contribution in [0.15, 0.2) is 4.79 Å². The van der Waals surface area contributed by atoms with Gasteiger partial charge in [-0.1, -0.05) is 0 Å². The Balaban J connectivity index is 2.17. The Hall–Kier alpha value is -1.98. The van der Waals surface area contributed by atoms with E-state index in [1.54, 1.807) is 0 Å². The molecule has 12 nitrogen and oxygen atoms in total. The van der Waals surface area contributed by atoms with Gasteiger partial charge in [0.05, 0.1) is 19.8 Å². The summed E-state index contributed by atoms with van der Waals surface area (Å²) in [4.78, 5) is 39.9. The Morgan fingerprint density at radius 3 is 2.71 bits per heavy atom. The fraction of sp³-hybridized carbons (Fsp3) is 0.545. The number of nitrogens with one attached hydrogen (secondary N) is 1. The number of fused-ring (bicyclic) bond motifs is 1. The Labute approximate surface area is 135 Å². The summed E-state index contributed by atoms with van der Waals surface area (Å²) in [5.41, 5.74) is 5.65. The third kappa shape index (κ3) is 4.76. The molecule has 2 rings (SSSR count). The Morgan fingerprint density at radius 2 is 2.04 bits per heavy atom. The molecule has 0 amide bonds. The van der Waals surface area contributed by atoms with Crippen LogP contribution in [0, 0.1) is 0 Å². The lowest BCUT2D eigenvalue weighted by atomic mass is 10.5. The van der Waals surface area contributed by atoms with Crippen molar-refractivity contribution >= 4 is 24.6 Å². The molecule has 0 radical (unpaired) electrons. The van der Waals surface area contributed by atoms with E-state index in [0.29, 0.717) is 6.42 Å². The fourth-order valence-electron chi connectivity index (χ4n) is 1.87. The first kappa shape index (κ1) is 18.4. The van der Waals surface area contributed by atoms with Crippen LogP contribution in [0.5, 0.6) is 6.01 Å². The smallest absolute Gasteiger partial charge is 0.350 e. The number of H-pyrrole nitrogens is 1. The molecular formula is C11H18N5O7P. The van der Waals surface area contributed by atoms with Gasteiger partial charge in [-0.25, -0.2) is 4.79 Å². The molecule has 0 unspecified atom stereocenters. The van der Waals surface area contributed by atoms with Crippen LogP contribution >= 0.6 is 7.60 Å². The number of hydrogen-bond donors (Lipinski definition) is 5. The van der Waals surface area contributed by atoms with E-state index in [2.05, 4.69) is 15.0 Å². The molecule has 0 fully saturated rings. The van der Waals surface area contributed by atoms with Crippen LogP contribution in [0.25, 0.3) is 11.2 Å². The monoisotopic (exact) mass is 363 g/mol. The number of nitrogens with two attached hydrogens (primary N) is 1. The van der Waals surface area contributed by atoms with Crippen molar-refractivity contribution in [1.82, 2.24) is 19.5 Å². The highest BCUT2D eigenvalue weighted by Crippen LogP contribution is 2.33. The number of anilines is 1. The number of rotatable bonds is 9. The van der Waals surface area contributed by atoms with Crippen molar-refractivity contribution in [2.24, 2.45) is 0 Å². The molecule has 134 valence electrons. The molecule has 0 spiro atoms. The van der Waals surface area contributed by atoms with E-state index in [1.807, 2.05) is 0 Å². The lowest BCUT2D eigenvalue weighted by molar-refractivity contribution is 0.149. The lowest BCUT2D eigenvalue weighted by Gasteiger charge is -2.07. The molecule has 0 aliphatic rings. The van der Waals surface area contributed by atoms with Crippen LogP contribution in [0.3, 0.4) is 0 Å². The third-order valence-corrected chi connectivity index (χ3v) is 3.40. The highest BCUT2D eigenvalue weighted by molar-refractivity contribution is 7.51. The number of aromatic amines is 1. The van der Waals surface area contributed by atoms with Crippen LogP contribution in [-0.4, -0.2) is 60.6 Å². The van der Waals surface area contributed by atoms with Crippen LogP contribution in [0.2, 0.25) is 0 Å². The maximum atomic E-state index is 12.0. The first-order valence-corrected chi connectivity index (χ1v) is 8.73. The van der Waals surface area contributed by atoms with E-state index in [4.69, 9.17) is 30.1 Å². The Morgan fingerprint density at radius 1 is 1.29 bits per heavy atom. The van der Waals surface area contributed by atoms with Crippen molar-refractivity contribution < 1.29 is 28.9 Å². The number of aromatic nitrogens is 4. The minimum absolute atomic E-state index is 0.00532. The number of ether oxygens (including phenoxy) is 2. The summed E-state index contributed by atoms with van der Waals surface area (Å²) >= 11 is 0. The molecule has 2 aromatic heterocycles. The number of aliphatic hydroxyl groups is 1. The number of hydrogen-bond acceptors (Lipinski definition) is 8. The summed E-state index contributed by atoms with van der Waals surface area (Å²) in [6.07, 6.45) is -0.353. The van der Waals surface area contributed by atoms with Crippen LogP contribution in [0.4, 0.5) is 5.82 Å². The summed E-state index contributed by atoms with van der Waals surface area (Å²) in [6.45, 7) is 0.0267. The van der Waals surface area contributed by atoms with E-state index in [9.17, 15) is 9.36 Å². The van der Waals surface area contributed by atoms with Crippen molar-refractivity contribution in [3.8, 4) is 6.01 Å². The summed E-state index contributed by atoms with van der Waals surface area (Å²) in [5.74, 6) is 0.0194. The van der Waals surface area contributed by atoms with E-state index in [-0.39, 0.29) is 49.4 Å². The summed E-state index contributed by atoms with van der Waals surface area (Å²) in [5, 5.41) is 8.73. The van der Waals surface area contributed by atoms with Gasteiger partial charge in [0.1, 0.15) is 11.9 Å². The fourth-order valence-corrected chi connectivity index (χ4v) is 2.24. The molecule has 6 N–H and O–H groups in total. The molecular weight excluding hydrogens is 345 g/mol. The van der Waals surface area contributed by atoms with Crippen LogP contribution in [-0.2, 0) is 15.8 Å². The molecule has 13 heteroatoms. The maximum Gasteiger partial charge on any atom is 0.350 e. The van der Waals surface area contributed by atoms with Gasteiger partial charge in [0.15, 0.2) is 11.5 Å². The topological polar surface area (TPSA) is 186 Å². The molecule has 0 aliphatic carbocycles. The molecule has 0 saturated carbocycles. The zero-order chi connectivity index (χ0) is 17.7. The second-order valence-electron chi connectivity index (χ2n) is 4.80. The van der Waals surface area contributed by atoms with E-state index in [0.717, 1.165) is 0 Å². The second kappa shape index (κ2) is 7.73. The first-order valence-electron chi connectivity index (χ1n) is 6.94. The third-order valence-electron chi connectivity index (χ3n) is 2.88. The van der Waals surface area contributed by atoms with Gasteiger partial charge in [-0.3, -0.25) is 9.13 Å². The van der Waals surface area contributed by atoms with Crippen molar-refractivity contribution in [1.29, 1.82) is 0 Å². The summed E-state index contributed by atoms with van der Waals surface area (Å²) in [6, 6.07) is -0.0441. The predicted octanol–water partition coefficient (Wildman–Crippen LogP) is -1.39. The van der Waals surface area contributed by atoms with Gasteiger partial charge < -0.3 is 35.1 Å². The van der Waals surface area contributed by atoms with Crippen LogP contribution in [0.1, 0.15) is 6.42 Å². The normalized spacial score (nSPS) is 12.0. The second-order valence-corrected chi connectivity index (χ2v) is 6.39. The first-order chi connectivity index (χ1) is 11.3. The Kier molecular flexibility index (Phi) is 5.91. The SMILES string of the molecule is Nc1nc(OCCCO)nc2c1[nH]c(=O)n2CCOCP(=O)(O)O. The average molecular weight is 363 g/mol. The van der Waals surface area contributed by atoms with Crippen molar-refractivity contribution in [3.05, 3.63) is 10.5 Å². The molecule has 0 aliphatic heterocycles. The molecule has 0 bridgehead atoms. The highest BCUT2D eigenvalue weighted by atomic mass is 31.2. The van der Waals surface area contributed by atoms with Gasteiger partial charge in [-0.05, 0) is 0 Å². The summed E-state index contributed by atoms with van der Waals surface area (Å²) in [7, 11) is -4.27. The number of aliphatic hydroxyl groups excluding tert-OH is 1. The predicted molar refractivity (Wildman–Crippen MR) is 82.6 cm³/mol. The van der Waals surface area contributed by atoms with Gasteiger partial charge in [0.2, 0.25) is 0 Å². The molecule has 2 heterocycles. The van der Waals surface area contributed by atoms with Gasteiger partial charge >= 0.3 is 19.3 Å². The number of nitrogen functional groups attached to an aromatic ring is 1. The van der Waals surface area contributed by atoms with Crippen molar-refractivity contribution in [2.45, 2.75) is 13.0 Å². The molecule has 0 atom stereocenters. The minimum Gasteiger partial charge on any atom is -0.463 e. The quantitative estimate of drug-likeness (QED) is 0.262. The molecule has 2 aromatic rings. The van der Waals surface area contributed by atoms with Gasteiger partial charge in [0, 0.05) is 13.0 Å². The standard InChI is InChI=1S/C11H18N5O7P/c12-8-7-9(15-10(14-8)23-4-1-3-17)16(11(18)13-7)2-5-22-6-24(19,20)21/h17H,1-6H2,(H,13,18)(H2,12,14,15)(H2,19,20,21). The molecule has 0 aromatic carbocycles. The molecule has 0 saturated heterocycles. The average Bonchev–Trinajstić information content (AvgIpc) is 2.80. The Bertz CT molecular complexity index is 798. The van der Waals surface area contributed by atoms with Gasteiger partial charge in [0.25, 0.3) is 0 Å². The largest absolute Gasteiger partial charge is 0.463 e. The van der Waals surface area contributed by atoms with E-state index >= 15 is 0 Å². The van der Waals surface area contributed by atoms with Gasteiger partial charge in [-0.15, -0.1) is 0 Å². The highest BCUT2D eigenvalue weighted by Gasteiger charge is 2.16.